The van der Waals surface area contributed by atoms with Crippen molar-refractivity contribution in [1.82, 2.24) is 34.3 Å². The third-order valence-electron chi connectivity index (χ3n) is 6.82. The molecule has 0 aliphatic carbocycles. The second-order valence-corrected chi connectivity index (χ2v) is 11.0. The van der Waals surface area contributed by atoms with Crippen molar-refractivity contribution in [3.63, 3.8) is 0 Å². The lowest BCUT2D eigenvalue weighted by atomic mass is 9.96. The average molecular weight is 496 g/mol. The van der Waals surface area contributed by atoms with Crippen LogP contribution in [-0.4, -0.2) is 87.9 Å². The quantitative estimate of drug-likeness (QED) is 0.509. The minimum Gasteiger partial charge on any atom is -0.340 e. The molecular weight excluding hydrogens is 466 g/mol. The van der Waals surface area contributed by atoms with Crippen molar-refractivity contribution in [1.29, 1.82) is 0 Å². The number of carbonyl (C=O) groups excluding carboxylic acids is 1. The van der Waals surface area contributed by atoms with Crippen molar-refractivity contribution in [2.45, 2.75) is 24.3 Å². The summed E-state index contributed by atoms with van der Waals surface area (Å²) in [5.74, 6) is 0.0384. The van der Waals surface area contributed by atoms with Crippen LogP contribution in [0.15, 0.2) is 65.8 Å². The molecule has 0 saturated carbocycles. The van der Waals surface area contributed by atoms with Crippen molar-refractivity contribution < 1.29 is 13.2 Å². The van der Waals surface area contributed by atoms with E-state index in [9.17, 15) is 13.2 Å². The first-order chi connectivity index (χ1) is 17.0. The molecule has 0 unspecified atom stereocenters. The number of rotatable bonds is 6. The van der Waals surface area contributed by atoms with Gasteiger partial charge >= 0.3 is 0 Å². The summed E-state index contributed by atoms with van der Waals surface area (Å²) in [4.78, 5) is 17.7. The van der Waals surface area contributed by atoms with Crippen molar-refractivity contribution >= 4 is 15.9 Å². The molecule has 3 aromatic rings. The first-order valence-electron chi connectivity index (χ1n) is 11.9. The molecule has 3 heterocycles. The molecule has 1 aromatic heterocycles. The number of benzene rings is 2. The minimum absolute atomic E-state index is 0.121. The smallest absolute Gasteiger partial charge is 0.243 e. The third kappa shape index (κ3) is 5.26. The largest absolute Gasteiger partial charge is 0.340 e. The van der Waals surface area contributed by atoms with Gasteiger partial charge in [0.15, 0.2) is 0 Å². The van der Waals surface area contributed by atoms with Crippen LogP contribution in [0.5, 0.6) is 0 Å². The Hall–Kier alpha value is -3.15. The summed E-state index contributed by atoms with van der Waals surface area (Å²) in [6.07, 6.45) is 2.55. The Morgan fingerprint density at radius 2 is 1.57 bits per heavy atom. The van der Waals surface area contributed by atoms with E-state index in [1.165, 1.54) is 20.9 Å². The van der Waals surface area contributed by atoms with Gasteiger partial charge < -0.3 is 4.90 Å². The summed E-state index contributed by atoms with van der Waals surface area (Å²) < 4.78 is 29.2. The van der Waals surface area contributed by atoms with Crippen LogP contribution < -0.4 is 0 Å². The van der Waals surface area contributed by atoms with Gasteiger partial charge in [0.05, 0.1) is 10.6 Å². The number of piperazine rings is 1. The van der Waals surface area contributed by atoms with E-state index < -0.39 is 10.0 Å². The first-order valence-corrected chi connectivity index (χ1v) is 13.3. The maximum absolute atomic E-state index is 13.1. The summed E-state index contributed by atoms with van der Waals surface area (Å²) in [7, 11) is -3.62. The second-order valence-electron chi connectivity index (χ2n) is 9.01. The van der Waals surface area contributed by atoms with E-state index in [-0.39, 0.29) is 16.7 Å². The Kier molecular flexibility index (Phi) is 6.89. The van der Waals surface area contributed by atoms with E-state index in [0.29, 0.717) is 31.6 Å². The van der Waals surface area contributed by atoms with E-state index in [4.69, 9.17) is 0 Å². The highest BCUT2D eigenvalue weighted by Gasteiger charge is 2.34. The maximum atomic E-state index is 13.1. The van der Waals surface area contributed by atoms with Gasteiger partial charge in [-0.1, -0.05) is 30.3 Å². The molecule has 2 fully saturated rings. The lowest BCUT2D eigenvalue weighted by Crippen LogP contribution is -2.51. The maximum Gasteiger partial charge on any atom is 0.243 e. The molecule has 2 aliphatic heterocycles. The number of hydrogen-bond acceptors (Lipinski definition) is 7. The predicted molar refractivity (Wildman–Crippen MR) is 129 cm³/mol. The van der Waals surface area contributed by atoms with Gasteiger partial charge in [0.25, 0.3) is 0 Å². The van der Waals surface area contributed by atoms with Gasteiger partial charge in [0.2, 0.25) is 15.9 Å². The fraction of sp³-hybridized carbons (Fsp3) is 0.417. The number of carbonyl (C=O) groups is 1. The van der Waals surface area contributed by atoms with Crippen LogP contribution in [0.1, 0.15) is 18.4 Å². The molecule has 2 aliphatic rings. The average Bonchev–Trinajstić information content (AvgIpc) is 3.45. The molecule has 0 bridgehead atoms. The van der Waals surface area contributed by atoms with Gasteiger partial charge in [-0.2, -0.15) is 4.31 Å². The highest BCUT2D eigenvalue weighted by atomic mass is 32.2. The molecule has 10 nitrogen and oxygen atoms in total. The van der Waals surface area contributed by atoms with Gasteiger partial charge in [-0.25, -0.2) is 13.1 Å². The molecule has 35 heavy (non-hydrogen) atoms. The van der Waals surface area contributed by atoms with Crippen LogP contribution >= 0.6 is 0 Å². The molecule has 0 atom stereocenters. The van der Waals surface area contributed by atoms with E-state index in [2.05, 4.69) is 32.6 Å². The van der Waals surface area contributed by atoms with Crippen molar-refractivity contribution in [3.05, 3.63) is 66.5 Å². The van der Waals surface area contributed by atoms with Crippen LogP contribution in [0, 0.1) is 5.92 Å². The van der Waals surface area contributed by atoms with Crippen molar-refractivity contribution in [2.24, 2.45) is 5.92 Å². The molecule has 184 valence electrons. The van der Waals surface area contributed by atoms with Crippen LogP contribution in [0.3, 0.4) is 0 Å². The summed E-state index contributed by atoms with van der Waals surface area (Å²) in [5, 5.41) is 11.0. The Morgan fingerprint density at radius 1 is 0.886 bits per heavy atom. The molecule has 5 rings (SSSR count). The van der Waals surface area contributed by atoms with E-state index >= 15 is 0 Å². The number of amides is 1. The molecule has 0 N–H and O–H groups in total. The fourth-order valence-electron chi connectivity index (χ4n) is 4.77. The van der Waals surface area contributed by atoms with Crippen molar-refractivity contribution in [3.8, 4) is 5.69 Å². The van der Waals surface area contributed by atoms with Crippen LogP contribution in [0.2, 0.25) is 0 Å². The Bertz CT molecular complexity index is 1220. The lowest BCUT2D eigenvalue weighted by Gasteiger charge is -2.38. The Labute approximate surface area is 205 Å². The van der Waals surface area contributed by atoms with Crippen molar-refractivity contribution in [2.75, 3.05) is 39.3 Å². The van der Waals surface area contributed by atoms with Crippen LogP contribution in [0.4, 0.5) is 0 Å². The van der Waals surface area contributed by atoms with Gasteiger partial charge in [0, 0.05) is 51.7 Å². The van der Waals surface area contributed by atoms with Crippen LogP contribution in [0.25, 0.3) is 5.69 Å². The Morgan fingerprint density at radius 3 is 2.20 bits per heavy atom. The topological polar surface area (TPSA) is 105 Å². The lowest BCUT2D eigenvalue weighted by molar-refractivity contribution is -0.138. The van der Waals surface area contributed by atoms with E-state index in [0.717, 1.165) is 32.7 Å². The molecule has 2 aromatic carbocycles. The van der Waals surface area contributed by atoms with Gasteiger partial charge in [0.1, 0.15) is 6.33 Å². The predicted octanol–water partition coefficient (Wildman–Crippen LogP) is 1.41. The zero-order valence-corrected chi connectivity index (χ0v) is 20.3. The molecule has 2 saturated heterocycles. The number of tetrazole rings is 1. The molecule has 0 radical (unpaired) electrons. The monoisotopic (exact) mass is 495 g/mol. The number of nitrogens with zero attached hydrogens (tertiary/aromatic N) is 7. The van der Waals surface area contributed by atoms with Gasteiger partial charge in [-0.05, 0) is 53.1 Å². The normalized spacial score (nSPS) is 18.6. The number of piperidine rings is 1. The van der Waals surface area contributed by atoms with Gasteiger partial charge in [-0.3, -0.25) is 9.69 Å². The fourth-order valence-corrected chi connectivity index (χ4v) is 6.24. The molecule has 11 heteroatoms. The molecular formula is C24H29N7O3S. The number of sulfonamides is 1. The summed E-state index contributed by atoms with van der Waals surface area (Å²) in [6.45, 7) is 4.75. The van der Waals surface area contributed by atoms with Crippen LogP contribution in [-0.2, 0) is 21.4 Å². The zero-order valence-electron chi connectivity index (χ0n) is 19.5. The standard InChI is InChI=1S/C24H29N7O3S/c32-24(29-16-14-28(15-17-29)18-20-4-2-1-3-5-20)21-10-12-30(13-11-21)35(33,34)23-8-6-22(7-9-23)31-19-25-26-27-31/h1-9,19,21H,10-18H2. The Balaban J connectivity index is 1.13. The highest BCUT2D eigenvalue weighted by molar-refractivity contribution is 7.89. The second kappa shape index (κ2) is 10.2. The summed E-state index contributed by atoms with van der Waals surface area (Å²) >= 11 is 0. The number of aromatic nitrogens is 4. The summed E-state index contributed by atoms with van der Waals surface area (Å²) in [6, 6.07) is 16.9. The van der Waals surface area contributed by atoms with E-state index in [1.807, 2.05) is 23.1 Å². The first kappa shape index (κ1) is 23.6. The SMILES string of the molecule is O=C(C1CCN(S(=O)(=O)c2ccc(-n3cnnn3)cc2)CC1)N1CCN(Cc2ccccc2)CC1. The summed E-state index contributed by atoms with van der Waals surface area (Å²) in [5.41, 5.74) is 1.97. The zero-order chi connectivity index (χ0) is 24.3. The third-order valence-corrected chi connectivity index (χ3v) is 8.74. The van der Waals surface area contributed by atoms with Gasteiger partial charge in [-0.15, -0.1) is 5.10 Å². The minimum atomic E-state index is -3.62. The molecule has 1 amide bonds. The number of hydrogen-bond donors (Lipinski definition) is 0. The molecule has 0 spiro atoms. The highest BCUT2D eigenvalue weighted by Crippen LogP contribution is 2.26. The van der Waals surface area contributed by atoms with E-state index in [1.54, 1.807) is 24.3 Å².